The SMILES string of the molecule is NC(=O)c1nsc(C(=O)N(c2ccc3c(c2)OCO3)[C@@H](C(=O)NC2CCCCC2)c2ccc(F)cc2)c1N. The molecule has 1 saturated carbocycles. The number of aromatic nitrogens is 1. The minimum Gasteiger partial charge on any atom is -0.454 e. The average Bonchev–Trinajstić information content (AvgIpc) is 3.54. The summed E-state index contributed by atoms with van der Waals surface area (Å²) in [5.41, 5.74) is 11.7. The van der Waals surface area contributed by atoms with Gasteiger partial charge in [-0.15, -0.1) is 0 Å². The van der Waals surface area contributed by atoms with Crippen LogP contribution in [0.3, 0.4) is 0 Å². The molecule has 2 aliphatic rings. The predicted molar refractivity (Wildman–Crippen MR) is 139 cm³/mol. The smallest absolute Gasteiger partial charge is 0.273 e. The first-order chi connectivity index (χ1) is 18.3. The first-order valence-electron chi connectivity index (χ1n) is 12.2. The number of hydrogen-bond acceptors (Lipinski definition) is 8. The van der Waals surface area contributed by atoms with Crippen molar-refractivity contribution in [2.24, 2.45) is 5.73 Å². The quantitative estimate of drug-likeness (QED) is 0.416. The number of nitrogens with one attached hydrogen (secondary N) is 1. The Hall–Kier alpha value is -4.19. The maximum Gasteiger partial charge on any atom is 0.273 e. The van der Waals surface area contributed by atoms with Gasteiger partial charge in [0.25, 0.3) is 11.8 Å². The van der Waals surface area contributed by atoms with E-state index in [0.29, 0.717) is 34.3 Å². The van der Waals surface area contributed by atoms with Gasteiger partial charge in [0, 0.05) is 17.8 Å². The van der Waals surface area contributed by atoms with Crippen molar-refractivity contribution < 1.29 is 28.2 Å². The minimum absolute atomic E-state index is 0.0139. The Morgan fingerprint density at radius 1 is 1.05 bits per heavy atom. The van der Waals surface area contributed by atoms with Crippen LogP contribution in [0.1, 0.15) is 63.9 Å². The predicted octanol–water partition coefficient (Wildman–Crippen LogP) is 3.53. The van der Waals surface area contributed by atoms with E-state index in [1.165, 1.54) is 29.2 Å². The van der Waals surface area contributed by atoms with Gasteiger partial charge < -0.3 is 26.3 Å². The van der Waals surface area contributed by atoms with Crippen molar-refractivity contribution in [2.75, 3.05) is 17.4 Å². The van der Waals surface area contributed by atoms with E-state index in [0.717, 1.165) is 32.1 Å². The molecule has 1 aromatic heterocycles. The molecular formula is C26H26FN5O5S. The van der Waals surface area contributed by atoms with Crippen LogP contribution in [-0.2, 0) is 4.79 Å². The molecule has 0 spiro atoms. The number of fused-ring (bicyclic) bond motifs is 1. The fraction of sp³-hybridized carbons (Fsp3) is 0.308. The van der Waals surface area contributed by atoms with E-state index in [9.17, 15) is 18.8 Å². The van der Waals surface area contributed by atoms with Crippen LogP contribution in [0, 0.1) is 5.82 Å². The number of amides is 3. The second-order valence-electron chi connectivity index (χ2n) is 9.15. The van der Waals surface area contributed by atoms with Crippen molar-refractivity contribution in [3.63, 3.8) is 0 Å². The summed E-state index contributed by atoms with van der Waals surface area (Å²) in [4.78, 5) is 41.0. The summed E-state index contributed by atoms with van der Waals surface area (Å²) in [6.45, 7) is 0.0139. The second-order valence-corrected chi connectivity index (χ2v) is 9.92. The summed E-state index contributed by atoms with van der Waals surface area (Å²) in [5, 5.41) is 3.08. The second kappa shape index (κ2) is 10.7. The van der Waals surface area contributed by atoms with Gasteiger partial charge in [-0.1, -0.05) is 31.4 Å². The summed E-state index contributed by atoms with van der Waals surface area (Å²) in [5.74, 6) is -1.61. The Bertz CT molecular complexity index is 1370. The molecule has 1 aliphatic carbocycles. The normalized spacial score (nSPS) is 15.6. The molecule has 0 bridgehead atoms. The van der Waals surface area contributed by atoms with Crippen LogP contribution in [0.25, 0.3) is 0 Å². The Balaban J connectivity index is 1.63. The highest BCUT2D eigenvalue weighted by molar-refractivity contribution is 7.09. The fourth-order valence-electron chi connectivity index (χ4n) is 4.75. The molecule has 1 fully saturated rings. The van der Waals surface area contributed by atoms with Crippen LogP contribution in [-0.4, -0.2) is 34.9 Å². The van der Waals surface area contributed by atoms with E-state index >= 15 is 0 Å². The number of carbonyl (C=O) groups excluding carboxylic acids is 3. The van der Waals surface area contributed by atoms with Crippen molar-refractivity contribution >= 4 is 40.6 Å². The summed E-state index contributed by atoms with van der Waals surface area (Å²) in [7, 11) is 0. The van der Waals surface area contributed by atoms with E-state index in [2.05, 4.69) is 9.69 Å². The van der Waals surface area contributed by atoms with E-state index < -0.39 is 29.6 Å². The van der Waals surface area contributed by atoms with E-state index in [-0.39, 0.29) is 29.1 Å². The van der Waals surface area contributed by atoms with Crippen LogP contribution < -0.4 is 31.2 Å². The van der Waals surface area contributed by atoms with Crippen molar-refractivity contribution in [3.05, 3.63) is 64.4 Å². The van der Waals surface area contributed by atoms with Crippen molar-refractivity contribution in [2.45, 2.75) is 44.2 Å². The highest BCUT2D eigenvalue weighted by Crippen LogP contribution is 2.40. The number of anilines is 2. The number of nitrogen functional groups attached to an aromatic ring is 1. The van der Waals surface area contributed by atoms with Crippen molar-refractivity contribution in [3.8, 4) is 11.5 Å². The minimum atomic E-state index is -1.20. The number of nitrogens with zero attached hydrogens (tertiary/aromatic N) is 2. The van der Waals surface area contributed by atoms with Crippen LogP contribution in [0.2, 0.25) is 0 Å². The lowest BCUT2D eigenvalue weighted by Gasteiger charge is -2.33. The molecule has 2 heterocycles. The molecule has 1 aliphatic heterocycles. The molecule has 198 valence electrons. The summed E-state index contributed by atoms with van der Waals surface area (Å²) in [6, 6.07) is 8.93. The summed E-state index contributed by atoms with van der Waals surface area (Å²) in [6.07, 6.45) is 4.73. The third kappa shape index (κ3) is 4.99. The van der Waals surface area contributed by atoms with Crippen LogP contribution in [0.15, 0.2) is 42.5 Å². The molecule has 12 heteroatoms. The molecule has 0 radical (unpaired) electrons. The number of ether oxygens (including phenoxy) is 2. The molecule has 1 atom stereocenters. The molecule has 3 amide bonds. The third-order valence-electron chi connectivity index (χ3n) is 6.65. The standard InChI is InChI=1S/C26H26FN5O5S/c27-15-8-6-14(7-9-15)22(25(34)30-16-4-2-1-3-5-16)32(17-10-11-18-19(12-17)37-13-36-18)26(35)23-20(28)21(24(29)33)31-38-23/h6-12,16,22H,1-5,13,28H2,(H2,29,33)(H,30,34)/t22-/m1/s1. The number of rotatable bonds is 7. The van der Waals surface area contributed by atoms with Gasteiger partial charge in [-0.25, -0.2) is 4.39 Å². The van der Waals surface area contributed by atoms with Crippen molar-refractivity contribution in [1.29, 1.82) is 0 Å². The molecular weight excluding hydrogens is 513 g/mol. The highest BCUT2D eigenvalue weighted by atomic mass is 32.1. The monoisotopic (exact) mass is 539 g/mol. The number of carbonyl (C=O) groups is 3. The van der Waals surface area contributed by atoms with Gasteiger partial charge in [0.1, 0.15) is 16.7 Å². The third-order valence-corrected chi connectivity index (χ3v) is 7.50. The maximum absolute atomic E-state index is 14.1. The summed E-state index contributed by atoms with van der Waals surface area (Å²) < 4.78 is 28.7. The average molecular weight is 540 g/mol. The Morgan fingerprint density at radius 3 is 2.45 bits per heavy atom. The van der Waals surface area contributed by atoms with Gasteiger partial charge in [0.2, 0.25) is 12.7 Å². The van der Waals surface area contributed by atoms with Crippen LogP contribution >= 0.6 is 11.5 Å². The number of halogens is 1. The molecule has 0 unspecified atom stereocenters. The molecule has 3 aromatic rings. The van der Waals surface area contributed by atoms with Gasteiger partial charge in [0.15, 0.2) is 17.2 Å². The molecule has 2 aromatic carbocycles. The lowest BCUT2D eigenvalue weighted by atomic mass is 9.94. The number of nitrogens with two attached hydrogens (primary N) is 2. The first kappa shape index (κ1) is 25.5. The molecule has 5 rings (SSSR count). The van der Waals surface area contributed by atoms with Crippen LogP contribution in [0.5, 0.6) is 11.5 Å². The first-order valence-corrected chi connectivity index (χ1v) is 12.9. The molecule has 38 heavy (non-hydrogen) atoms. The van der Waals surface area contributed by atoms with Gasteiger partial charge in [-0.2, -0.15) is 4.37 Å². The van der Waals surface area contributed by atoms with Gasteiger partial charge >= 0.3 is 0 Å². The lowest BCUT2D eigenvalue weighted by molar-refractivity contribution is -0.123. The zero-order valence-corrected chi connectivity index (χ0v) is 21.1. The van der Waals surface area contributed by atoms with E-state index in [1.54, 1.807) is 18.2 Å². The molecule has 10 nitrogen and oxygen atoms in total. The highest BCUT2D eigenvalue weighted by Gasteiger charge is 2.37. The number of primary amides is 1. The van der Waals surface area contributed by atoms with Gasteiger partial charge in [-0.3, -0.25) is 19.3 Å². The lowest BCUT2D eigenvalue weighted by Crippen LogP contribution is -2.47. The molecule has 0 saturated heterocycles. The van der Waals surface area contributed by atoms with E-state index in [1.807, 2.05) is 0 Å². The summed E-state index contributed by atoms with van der Waals surface area (Å²) >= 11 is 0.709. The number of hydrogen-bond donors (Lipinski definition) is 3. The fourth-order valence-corrected chi connectivity index (χ4v) is 5.49. The van der Waals surface area contributed by atoms with Gasteiger partial charge in [-0.05, 0) is 54.2 Å². The Labute approximate surface area is 221 Å². The largest absolute Gasteiger partial charge is 0.454 e. The molecule has 5 N–H and O–H groups in total. The van der Waals surface area contributed by atoms with Crippen molar-refractivity contribution in [1.82, 2.24) is 9.69 Å². The van der Waals surface area contributed by atoms with Crippen LogP contribution in [0.4, 0.5) is 15.8 Å². The zero-order valence-electron chi connectivity index (χ0n) is 20.3. The van der Waals surface area contributed by atoms with Gasteiger partial charge in [0.05, 0.1) is 5.69 Å². The number of benzene rings is 2. The Kier molecular flexibility index (Phi) is 7.14. The van der Waals surface area contributed by atoms with E-state index in [4.69, 9.17) is 20.9 Å². The zero-order chi connectivity index (χ0) is 26.8. The Morgan fingerprint density at radius 2 is 1.76 bits per heavy atom. The topological polar surface area (TPSA) is 150 Å². The maximum atomic E-state index is 14.1.